The Bertz CT molecular complexity index is 657. The van der Waals surface area contributed by atoms with E-state index < -0.39 is 15.6 Å². The number of nitrogens with zero attached hydrogens (tertiary/aromatic N) is 1. The van der Waals surface area contributed by atoms with Crippen molar-refractivity contribution in [3.63, 3.8) is 0 Å². The Morgan fingerprint density at radius 2 is 1.67 bits per heavy atom. The normalized spacial score (nSPS) is 10.5. The molecule has 0 atom stereocenters. The minimum atomic E-state index is -2.82. The van der Waals surface area contributed by atoms with Gasteiger partial charge in [0.25, 0.3) is 5.69 Å². The Morgan fingerprint density at radius 3 is 2.22 bits per heavy atom. The van der Waals surface area contributed by atoms with Gasteiger partial charge in [-0.25, -0.2) is 8.42 Å². The van der Waals surface area contributed by atoms with E-state index in [-0.39, 0.29) is 10.6 Å². The first kappa shape index (κ1) is 12.3. The Balaban J connectivity index is 2.65. The molecule has 0 fully saturated rings. The van der Waals surface area contributed by atoms with Crippen LogP contribution in [0.1, 0.15) is 0 Å². The number of nitro groups is 1. The first-order chi connectivity index (χ1) is 8.59. The van der Waals surface area contributed by atoms with Crippen LogP contribution in [-0.4, -0.2) is 13.3 Å². The van der Waals surface area contributed by atoms with Gasteiger partial charge in [0.2, 0.25) is 0 Å². The molecule has 6 heteroatoms. The molecule has 5 nitrogen and oxygen atoms in total. The van der Waals surface area contributed by atoms with Gasteiger partial charge in [-0.2, -0.15) is 0 Å². The summed E-state index contributed by atoms with van der Waals surface area (Å²) in [6.07, 6.45) is 0. The molecule has 0 saturated carbocycles. The maximum atomic E-state index is 11.0. The number of thiol groups is 1. The zero-order chi connectivity index (χ0) is 13.1. The van der Waals surface area contributed by atoms with E-state index in [9.17, 15) is 18.5 Å². The predicted octanol–water partition coefficient (Wildman–Crippen LogP) is 2.23. The lowest BCUT2D eigenvalue weighted by Gasteiger charge is -2.03. The summed E-state index contributed by atoms with van der Waals surface area (Å²) in [6.45, 7) is 0. The Hall–Kier alpha value is -2.21. The van der Waals surface area contributed by atoms with Crippen molar-refractivity contribution >= 4 is 16.4 Å². The molecule has 0 aliphatic carbocycles. The van der Waals surface area contributed by atoms with E-state index in [0.717, 1.165) is 6.07 Å². The van der Waals surface area contributed by atoms with E-state index in [4.69, 9.17) is 0 Å². The van der Waals surface area contributed by atoms with E-state index in [1.54, 1.807) is 30.3 Å². The fourth-order valence-corrected chi connectivity index (χ4v) is 2.07. The summed E-state index contributed by atoms with van der Waals surface area (Å²) in [4.78, 5) is 10.3. The minimum Gasteiger partial charge on any atom is -0.258 e. The molecule has 0 heterocycles. The first-order valence-electron chi connectivity index (χ1n) is 5.08. The van der Waals surface area contributed by atoms with Gasteiger partial charge in [-0.1, -0.05) is 30.3 Å². The lowest BCUT2D eigenvalue weighted by molar-refractivity contribution is -0.384. The molecule has 0 spiro atoms. The molecular weight excluding hydrogens is 254 g/mol. The third-order valence-corrected chi connectivity index (χ3v) is 3.17. The zero-order valence-corrected chi connectivity index (χ0v) is 10.0. The molecule has 0 unspecified atom stereocenters. The number of hydrogen-bond acceptors (Lipinski definition) is 4. The summed E-state index contributed by atoms with van der Waals surface area (Å²) in [5.74, 6) is 0. The molecule has 0 aliphatic heterocycles. The molecule has 0 radical (unpaired) electrons. The highest BCUT2D eigenvalue weighted by atomic mass is 32.2. The van der Waals surface area contributed by atoms with Gasteiger partial charge >= 0.3 is 0 Å². The van der Waals surface area contributed by atoms with Gasteiger partial charge in [0, 0.05) is 6.07 Å². The van der Waals surface area contributed by atoms with Crippen LogP contribution in [0.15, 0.2) is 53.4 Å². The van der Waals surface area contributed by atoms with Gasteiger partial charge in [-0.05, 0) is 17.7 Å². The van der Waals surface area contributed by atoms with Crippen molar-refractivity contribution in [1.29, 1.82) is 0 Å². The molecule has 2 aromatic carbocycles. The van der Waals surface area contributed by atoms with Crippen LogP contribution in [0.5, 0.6) is 0 Å². The molecule has 0 N–H and O–H groups in total. The standard InChI is InChI=1S/C12H9NO4S/c14-13(15)12-8-10(18(16)17)6-7-11(12)9-4-2-1-3-5-9/h1-8,18H. The second kappa shape index (κ2) is 4.97. The largest absolute Gasteiger partial charge is 0.278 e. The van der Waals surface area contributed by atoms with Gasteiger partial charge in [-0.3, -0.25) is 10.1 Å². The summed E-state index contributed by atoms with van der Waals surface area (Å²) in [5, 5.41) is 11.0. The third kappa shape index (κ3) is 2.38. The van der Waals surface area contributed by atoms with Crippen LogP contribution >= 0.6 is 0 Å². The van der Waals surface area contributed by atoms with Gasteiger partial charge in [0.05, 0.1) is 15.4 Å². The van der Waals surface area contributed by atoms with E-state index in [2.05, 4.69) is 0 Å². The van der Waals surface area contributed by atoms with Crippen molar-refractivity contribution in [3.05, 3.63) is 58.6 Å². The summed E-state index contributed by atoms with van der Waals surface area (Å²) < 4.78 is 21.7. The minimum absolute atomic E-state index is 0.0589. The van der Waals surface area contributed by atoms with Gasteiger partial charge in [-0.15, -0.1) is 0 Å². The van der Waals surface area contributed by atoms with Crippen molar-refractivity contribution in [2.75, 3.05) is 0 Å². The maximum absolute atomic E-state index is 11.0. The third-order valence-electron chi connectivity index (χ3n) is 2.47. The zero-order valence-electron chi connectivity index (χ0n) is 9.15. The molecule has 0 aromatic heterocycles. The monoisotopic (exact) mass is 263 g/mol. The predicted molar refractivity (Wildman–Crippen MR) is 67.1 cm³/mol. The lowest BCUT2D eigenvalue weighted by Crippen LogP contribution is -1.93. The van der Waals surface area contributed by atoms with Crippen LogP contribution in [0.4, 0.5) is 5.69 Å². The van der Waals surface area contributed by atoms with Crippen LogP contribution in [0.2, 0.25) is 0 Å². The van der Waals surface area contributed by atoms with E-state index in [1.807, 2.05) is 0 Å². The lowest BCUT2D eigenvalue weighted by atomic mass is 10.0. The van der Waals surface area contributed by atoms with E-state index >= 15 is 0 Å². The molecule has 2 rings (SSSR count). The Labute approximate surface area is 105 Å². The van der Waals surface area contributed by atoms with Crippen LogP contribution in [0.3, 0.4) is 0 Å². The second-order valence-corrected chi connectivity index (χ2v) is 4.61. The molecular formula is C12H9NO4S. The number of hydrogen-bond donors (Lipinski definition) is 1. The fraction of sp³-hybridized carbons (Fsp3) is 0. The fourth-order valence-electron chi connectivity index (χ4n) is 1.65. The van der Waals surface area contributed by atoms with Gasteiger partial charge < -0.3 is 0 Å². The van der Waals surface area contributed by atoms with Crippen molar-refractivity contribution in [2.24, 2.45) is 0 Å². The molecule has 0 saturated heterocycles. The number of rotatable bonds is 3. The quantitative estimate of drug-likeness (QED) is 0.523. The summed E-state index contributed by atoms with van der Waals surface area (Å²) in [6, 6.07) is 12.7. The highest BCUT2D eigenvalue weighted by Gasteiger charge is 2.16. The molecule has 0 bridgehead atoms. The summed E-state index contributed by atoms with van der Waals surface area (Å²) in [7, 11) is -2.82. The number of nitro benzene ring substituents is 1. The second-order valence-electron chi connectivity index (χ2n) is 3.58. The van der Waals surface area contributed by atoms with Gasteiger partial charge in [0.15, 0.2) is 10.7 Å². The average molecular weight is 263 g/mol. The Kier molecular flexibility index (Phi) is 3.38. The van der Waals surface area contributed by atoms with Crippen molar-refractivity contribution in [1.82, 2.24) is 0 Å². The highest BCUT2D eigenvalue weighted by Crippen LogP contribution is 2.30. The van der Waals surface area contributed by atoms with Crippen LogP contribution in [0, 0.1) is 10.1 Å². The molecule has 0 aliphatic rings. The Morgan fingerprint density at radius 1 is 1.00 bits per heavy atom. The van der Waals surface area contributed by atoms with Crippen LogP contribution in [0.25, 0.3) is 11.1 Å². The topological polar surface area (TPSA) is 77.3 Å². The van der Waals surface area contributed by atoms with E-state index in [0.29, 0.717) is 11.1 Å². The highest BCUT2D eigenvalue weighted by molar-refractivity contribution is 7.72. The SMILES string of the molecule is O=[N+]([O-])c1cc([SH](=O)=O)ccc1-c1ccccc1. The van der Waals surface area contributed by atoms with Crippen LogP contribution < -0.4 is 0 Å². The molecule has 2 aromatic rings. The first-order valence-corrected chi connectivity index (χ1v) is 6.25. The van der Waals surface area contributed by atoms with Crippen molar-refractivity contribution in [3.8, 4) is 11.1 Å². The van der Waals surface area contributed by atoms with Gasteiger partial charge in [0.1, 0.15) is 0 Å². The number of benzene rings is 2. The van der Waals surface area contributed by atoms with Crippen LogP contribution in [-0.2, 0) is 10.7 Å². The van der Waals surface area contributed by atoms with Crippen molar-refractivity contribution in [2.45, 2.75) is 4.90 Å². The van der Waals surface area contributed by atoms with Crippen molar-refractivity contribution < 1.29 is 13.3 Å². The summed E-state index contributed by atoms with van der Waals surface area (Å²) >= 11 is 0. The molecule has 0 amide bonds. The maximum Gasteiger partial charge on any atom is 0.278 e. The smallest absolute Gasteiger partial charge is 0.258 e. The molecule has 18 heavy (non-hydrogen) atoms. The summed E-state index contributed by atoms with van der Waals surface area (Å²) in [5.41, 5.74) is 0.871. The van der Waals surface area contributed by atoms with E-state index in [1.165, 1.54) is 12.1 Å². The molecule has 92 valence electrons. The average Bonchev–Trinajstić information content (AvgIpc) is 2.39.